The number of hydrogen-bond acceptors (Lipinski definition) is 5. The van der Waals surface area contributed by atoms with Crippen LogP contribution in [0.1, 0.15) is 87.0 Å². The van der Waals surface area contributed by atoms with Crippen molar-refractivity contribution < 1.29 is 24.1 Å². The highest BCUT2D eigenvalue weighted by atomic mass is 16.5. The fourth-order valence-corrected chi connectivity index (χ4v) is 4.71. The predicted molar refractivity (Wildman–Crippen MR) is 170 cm³/mol. The Morgan fingerprint density at radius 1 is 0.690 bits per heavy atom. The number of carbonyl (C=O) groups excluding carboxylic acids is 1. The lowest BCUT2D eigenvalue weighted by Crippen LogP contribution is -2.17. The molecule has 0 bridgehead atoms. The van der Waals surface area contributed by atoms with Gasteiger partial charge in [-0.3, -0.25) is 0 Å². The monoisotopic (exact) mass is 572 g/mol. The average Bonchev–Trinajstić information content (AvgIpc) is 3.03. The summed E-state index contributed by atoms with van der Waals surface area (Å²) >= 11 is 0. The third-order valence-corrected chi connectivity index (χ3v) is 7.34. The van der Waals surface area contributed by atoms with Crippen LogP contribution in [0.5, 0.6) is 11.5 Å². The summed E-state index contributed by atoms with van der Waals surface area (Å²) in [6.07, 6.45) is 12.6. The lowest BCUT2D eigenvalue weighted by atomic mass is 10.0. The first kappa shape index (κ1) is 32.9. The molecule has 226 valence electrons. The van der Waals surface area contributed by atoms with Crippen molar-refractivity contribution in [2.75, 3.05) is 6.61 Å². The Morgan fingerprint density at radius 3 is 1.62 bits per heavy atom. The summed E-state index contributed by atoms with van der Waals surface area (Å²) in [6, 6.07) is 25.2. The summed E-state index contributed by atoms with van der Waals surface area (Å²) in [4.78, 5) is 11.0. The zero-order valence-corrected chi connectivity index (χ0v) is 25.3. The summed E-state index contributed by atoms with van der Waals surface area (Å²) in [5.74, 6) is 1.28. The molecule has 3 aromatic rings. The van der Waals surface area contributed by atoms with E-state index in [1.807, 2.05) is 12.1 Å². The molecule has 0 radical (unpaired) electrons. The maximum atomic E-state index is 11.0. The highest BCUT2D eigenvalue weighted by Gasteiger charge is 2.07. The van der Waals surface area contributed by atoms with Crippen LogP contribution in [0.25, 0.3) is 0 Å². The molecule has 0 fully saturated rings. The number of unbranched alkanes of at least 4 members (excludes halogenated alkanes) is 6. The smallest absolute Gasteiger partial charge is 0.330 e. The molecule has 0 aliphatic carbocycles. The topological polar surface area (TPSA) is 65.0 Å². The van der Waals surface area contributed by atoms with Gasteiger partial charge in [0.1, 0.15) is 31.3 Å². The molecule has 0 saturated heterocycles. The van der Waals surface area contributed by atoms with Gasteiger partial charge in [0, 0.05) is 6.08 Å². The van der Waals surface area contributed by atoms with Crippen molar-refractivity contribution in [3.8, 4) is 11.5 Å². The molecule has 42 heavy (non-hydrogen) atoms. The summed E-state index contributed by atoms with van der Waals surface area (Å²) < 4.78 is 16.8. The minimum Gasteiger partial charge on any atom is -0.489 e. The molecule has 5 heteroatoms. The van der Waals surface area contributed by atoms with E-state index in [2.05, 4.69) is 74.2 Å². The van der Waals surface area contributed by atoms with Crippen LogP contribution in [-0.4, -0.2) is 23.8 Å². The van der Waals surface area contributed by atoms with Gasteiger partial charge in [-0.2, -0.15) is 0 Å². The van der Waals surface area contributed by atoms with E-state index in [0.29, 0.717) is 19.6 Å². The van der Waals surface area contributed by atoms with Gasteiger partial charge in [-0.25, -0.2) is 4.79 Å². The lowest BCUT2D eigenvalue weighted by Gasteiger charge is -2.10. The highest BCUT2D eigenvalue weighted by molar-refractivity contribution is 5.81. The second-order valence-corrected chi connectivity index (χ2v) is 10.9. The molecular weight excluding hydrogens is 524 g/mol. The molecule has 1 N–H and O–H groups in total. The van der Waals surface area contributed by atoms with Gasteiger partial charge in [-0.05, 0) is 78.6 Å². The van der Waals surface area contributed by atoms with Crippen LogP contribution >= 0.6 is 0 Å². The fraction of sp³-hybridized carbons (Fsp3) is 0.432. The Morgan fingerprint density at radius 2 is 1.14 bits per heavy atom. The Bertz CT molecular complexity index is 1150. The maximum Gasteiger partial charge on any atom is 0.330 e. The van der Waals surface area contributed by atoms with Crippen LogP contribution < -0.4 is 9.47 Å². The van der Waals surface area contributed by atoms with E-state index in [4.69, 9.17) is 14.2 Å². The molecule has 0 aliphatic heterocycles. The van der Waals surface area contributed by atoms with E-state index in [9.17, 15) is 9.90 Å². The number of aryl methyl sites for hydroxylation is 2. The number of aliphatic hydroxyl groups is 1. The SMILES string of the molecule is C=CC(=O)OCC(O)CCCCCCc1ccc(OCc2ccc(COc3ccc(CCCCCC)cc3)cc2)cc1. The van der Waals surface area contributed by atoms with E-state index < -0.39 is 12.1 Å². The molecular formula is C37H48O5. The van der Waals surface area contributed by atoms with Crippen molar-refractivity contribution in [2.24, 2.45) is 0 Å². The molecule has 0 spiro atoms. The second-order valence-electron chi connectivity index (χ2n) is 10.9. The van der Waals surface area contributed by atoms with Crippen LogP contribution in [0.4, 0.5) is 0 Å². The van der Waals surface area contributed by atoms with Crippen molar-refractivity contribution in [3.05, 3.63) is 108 Å². The van der Waals surface area contributed by atoms with Gasteiger partial charge in [0.15, 0.2) is 0 Å². The molecule has 3 rings (SSSR count). The van der Waals surface area contributed by atoms with Crippen molar-refractivity contribution in [2.45, 2.75) is 96.9 Å². The Labute approximate surface area is 252 Å². The molecule has 0 saturated carbocycles. The Kier molecular flexibility index (Phi) is 15.3. The van der Waals surface area contributed by atoms with Crippen LogP contribution in [0.15, 0.2) is 85.5 Å². The van der Waals surface area contributed by atoms with Crippen LogP contribution in [-0.2, 0) is 35.6 Å². The third-order valence-electron chi connectivity index (χ3n) is 7.34. The van der Waals surface area contributed by atoms with Gasteiger partial charge in [0.05, 0.1) is 6.10 Å². The van der Waals surface area contributed by atoms with Gasteiger partial charge in [0.25, 0.3) is 0 Å². The van der Waals surface area contributed by atoms with E-state index in [-0.39, 0.29) is 6.61 Å². The number of aliphatic hydroxyl groups excluding tert-OH is 1. The quantitative estimate of drug-likeness (QED) is 0.0787. The van der Waals surface area contributed by atoms with E-state index >= 15 is 0 Å². The fourth-order valence-electron chi connectivity index (χ4n) is 4.71. The number of hydrogen-bond donors (Lipinski definition) is 1. The second kappa shape index (κ2) is 19.5. The van der Waals surface area contributed by atoms with Crippen LogP contribution in [0.2, 0.25) is 0 Å². The van der Waals surface area contributed by atoms with Crippen molar-refractivity contribution in [1.82, 2.24) is 0 Å². The zero-order chi connectivity index (χ0) is 29.8. The average molecular weight is 573 g/mol. The van der Waals surface area contributed by atoms with Crippen molar-refractivity contribution in [1.29, 1.82) is 0 Å². The third kappa shape index (κ3) is 13.4. The largest absolute Gasteiger partial charge is 0.489 e. The molecule has 0 heterocycles. The van der Waals surface area contributed by atoms with Crippen molar-refractivity contribution in [3.63, 3.8) is 0 Å². The number of carbonyl (C=O) groups is 1. The summed E-state index contributed by atoms with van der Waals surface area (Å²) in [5, 5.41) is 9.85. The number of benzene rings is 3. The molecule has 1 unspecified atom stereocenters. The first-order chi connectivity index (χ1) is 20.6. The number of esters is 1. The summed E-state index contributed by atoms with van der Waals surface area (Å²) in [7, 11) is 0. The standard InChI is InChI=1S/C37H48O5/c1-3-5-6-9-12-30-19-23-35(24-20-30)40-27-32-15-17-33(18-16-32)28-41-36-25-21-31(22-26-36)13-10-7-8-11-14-34(38)29-42-37(39)4-2/h4,15-26,34,38H,2-3,5-14,27-29H2,1H3. The molecule has 1 atom stereocenters. The van der Waals surface area contributed by atoms with Crippen molar-refractivity contribution >= 4 is 5.97 Å². The van der Waals surface area contributed by atoms with Gasteiger partial charge < -0.3 is 19.3 Å². The van der Waals surface area contributed by atoms with E-state index in [1.54, 1.807) is 0 Å². The lowest BCUT2D eigenvalue weighted by molar-refractivity contribution is -0.140. The first-order valence-corrected chi connectivity index (χ1v) is 15.5. The molecule has 0 aliphatic rings. The van der Waals surface area contributed by atoms with E-state index in [1.165, 1.54) is 36.8 Å². The van der Waals surface area contributed by atoms with Gasteiger partial charge in [-0.1, -0.05) is 101 Å². The minimum absolute atomic E-state index is 0.0360. The normalized spacial score (nSPS) is 11.6. The van der Waals surface area contributed by atoms with Gasteiger partial charge in [0.2, 0.25) is 0 Å². The first-order valence-electron chi connectivity index (χ1n) is 15.5. The number of rotatable bonds is 21. The highest BCUT2D eigenvalue weighted by Crippen LogP contribution is 2.19. The van der Waals surface area contributed by atoms with Gasteiger partial charge >= 0.3 is 5.97 Å². The maximum absolute atomic E-state index is 11.0. The molecule has 3 aromatic carbocycles. The number of ether oxygens (including phenoxy) is 3. The predicted octanol–water partition coefficient (Wildman–Crippen LogP) is 8.55. The molecule has 0 amide bonds. The zero-order valence-electron chi connectivity index (χ0n) is 25.3. The van der Waals surface area contributed by atoms with E-state index in [0.717, 1.165) is 67.2 Å². The summed E-state index contributed by atoms with van der Waals surface area (Å²) in [5.41, 5.74) is 4.94. The van der Waals surface area contributed by atoms with Crippen LogP contribution in [0.3, 0.4) is 0 Å². The van der Waals surface area contributed by atoms with Gasteiger partial charge in [-0.15, -0.1) is 0 Å². The summed E-state index contributed by atoms with van der Waals surface area (Å²) in [6.45, 7) is 6.70. The molecule has 0 aromatic heterocycles. The Hall–Kier alpha value is -3.57. The minimum atomic E-state index is -0.605. The molecule has 5 nitrogen and oxygen atoms in total. The van der Waals surface area contributed by atoms with Crippen LogP contribution in [0, 0.1) is 0 Å². The Balaban J connectivity index is 1.27.